The minimum atomic E-state index is -0.224. The van der Waals surface area contributed by atoms with Crippen molar-refractivity contribution in [2.45, 2.75) is 6.42 Å². The molecule has 0 aromatic heterocycles. The van der Waals surface area contributed by atoms with Crippen LogP contribution < -0.4 is 5.32 Å². The molecule has 1 amide bonds. The summed E-state index contributed by atoms with van der Waals surface area (Å²) in [6.45, 7) is 0.0399. The van der Waals surface area contributed by atoms with Crippen LogP contribution in [0.5, 0.6) is 0 Å². The normalized spacial score (nSPS) is 9.62. The lowest BCUT2D eigenvalue weighted by Gasteiger charge is -2.06. The maximum Gasteiger partial charge on any atom is 0.255 e. The fourth-order valence-electron chi connectivity index (χ4n) is 1.73. The molecule has 0 saturated carbocycles. The van der Waals surface area contributed by atoms with Gasteiger partial charge in [0.15, 0.2) is 0 Å². The molecule has 3 nitrogen and oxygen atoms in total. The Morgan fingerprint density at radius 3 is 2.76 bits per heavy atom. The molecule has 2 aromatic carbocycles. The minimum Gasteiger partial charge on any atom is -0.395 e. The number of benzene rings is 2. The van der Waals surface area contributed by atoms with E-state index in [-0.39, 0.29) is 12.5 Å². The number of halogens is 1. The highest BCUT2D eigenvalue weighted by Crippen LogP contribution is 2.14. The number of amides is 1. The van der Waals surface area contributed by atoms with Crippen LogP contribution >= 0.6 is 11.6 Å². The first-order valence-electron chi connectivity index (χ1n) is 6.46. The minimum absolute atomic E-state index is 0.0399. The van der Waals surface area contributed by atoms with Gasteiger partial charge in [0.25, 0.3) is 5.91 Å². The Morgan fingerprint density at radius 2 is 2.00 bits per heavy atom. The second kappa shape index (κ2) is 7.49. The lowest BCUT2D eigenvalue weighted by Crippen LogP contribution is -2.11. The number of anilines is 1. The third-order valence-electron chi connectivity index (χ3n) is 2.68. The van der Waals surface area contributed by atoms with Crippen LogP contribution in [-0.4, -0.2) is 17.6 Å². The van der Waals surface area contributed by atoms with Crippen LogP contribution in [0, 0.1) is 11.8 Å². The molecule has 0 spiro atoms. The van der Waals surface area contributed by atoms with Gasteiger partial charge in [-0.3, -0.25) is 4.79 Å². The predicted molar refractivity (Wildman–Crippen MR) is 84.4 cm³/mol. The first-order chi connectivity index (χ1) is 10.2. The molecule has 4 heteroatoms. The summed E-state index contributed by atoms with van der Waals surface area (Å²) >= 11 is 5.87. The summed E-state index contributed by atoms with van der Waals surface area (Å²) < 4.78 is 0. The molecule has 0 saturated heterocycles. The summed E-state index contributed by atoms with van der Waals surface area (Å²) in [5, 5.41) is 12.0. The van der Waals surface area contributed by atoms with Crippen LogP contribution in [0.2, 0.25) is 5.02 Å². The molecule has 106 valence electrons. The number of hydrogen-bond donors (Lipinski definition) is 2. The van der Waals surface area contributed by atoms with E-state index in [4.69, 9.17) is 16.7 Å². The number of hydrogen-bond acceptors (Lipinski definition) is 2. The fourth-order valence-corrected chi connectivity index (χ4v) is 1.92. The summed E-state index contributed by atoms with van der Waals surface area (Å²) in [6, 6.07) is 14.0. The Balaban J connectivity index is 2.11. The summed E-state index contributed by atoms with van der Waals surface area (Å²) in [6.07, 6.45) is 0.430. The Hall–Kier alpha value is -2.28. The second-order valence-electron chi connectivity index (χ2n) is 4.32. The number of carbonyl (C=O) groups is 1. The molecule has 0 atom stereocenters. The zero-order valence-corrected chi connectivity index (χ0v) is 12.0. The van der Waals surface area contributed by atoms with Gasteiger partial charge in [-0.15, -0.1) is 0 Å². The van der Waals surface area contributed by atoms with Crippen molar-refractivity contribution in [3.63, 3.8) is 0 Å². The number of rotatable bonds is 3. The van der Waals surface area contributed by atoms with E-state index in [0.29, 0.717) is 22.7 Å². The highest BCUT2D eigenvalue weighted by Gasteiger charge is 2.06. The van der Waals surface area contributed by atoms with Crippen LogP contribution in [0.4, 0.5) is 5.69 Å². The predicted octanol–water partition coefficient (Wildman–Crippen LogP) is 3.33. The van der Waals surface area contributed by atoms with E-state index in [9.17, 15) is 4.79 Å². The second-order valence-corrected chi connectivity index (χ2v) is 4.76. The summed E-state index contributed by atoms with van der Waals surface area (Å²) in [5.41, 5.74) is 1.95. The maximum atomic E-state index is 12.1. The van der Waals surface area contributed by atoms with E-state index in [2.05, 4.69) is 17.2 Å². The maximum absolute atomic E-state index is 12.1. The monoisotopic (exact) mass is 299 g/mol. The highest BCUT2D eigenvalue weighted by molar-refractivity contribution is 6.31. The van der Waals surface area contributed by atoms with Crippen molar-refractivity contribution < 1.29 is 9.90 Å². The van der Waals surface area contributed by atoms with E-state index in [0.717, 1.165) is 5.56 Å². The molecular weight excluding hydrogens is 286 g/mol. The van der Waals surface area contributed by atoms with E-state index in [1.807, 2.05) is 12.1 Å². The topological polar surface area (TPSA) is 49.3 Å². The molecule has 0 aliphatic heterocycles. The van der Waals surface area contributed by atoms with Crippen molar-refractivity contribution in [2.24, 2.45) is 0 Å². The quantitative estimate of drug-likeness (QED) is 0.854. The van der Waals surface area contributed by atoms with Crippen molar-refractivity contribution in [1.29, 1.82) is 0 Å². The molecule has 2 N–H and O–H groups in total. The van der Waals surface area contributed by atoms with Crippen LogP contribution in [0.25, 0.3) is 0 Å². The third-order valence-corrected chi connectivity index (χ3v) is 2.91. The number of nitrogens with one attached hydrogen (secondary N) is 1. The van der Waals surface area contributed by atoms with Gasteiger partial charge >= 0.3 is 0 Å². The SMILES string of the molecule is O=C(Nc1cccc(C#CCCO)c1)c1cccc(Cl)c1. The van der Waals surface area contributed by atoms with Gasteiger partial charge in [-0.2, -0.15) is 0 Å². The van der Waals surface area contributed by atoms with Gasteiger partial charge in [0.2, 0.25) is 0 Å². The van der Waals surface area contributed by atoms with Crippen LogP contribution in [0.3, 0.4) is 0 Å². The molecular formula is C17H14ClNO2. The molecule has 0 radical (unpaired) electrons. The Bertz CT molecular complexity index is 701. The summed E-state index contributed by atoms with van der Waals surface area (Å²) in [7, 11) is 0. The van der Waals surface area contributed by atoms with Crippen LogP contribution in [-0.2, 0) is 0 Å². The van der Waals surface area contributed by atoms with Gasteiger partial charge in [0, 0.05) is 28.3 Å². The molecule has 2 rings (SSSR count). The van der Waals surface area contributed by atoms with E-state index in [1.54, 1.807) is 36.4 Å². The van der Waals surface area contributed by atoms with Crippen molar-refractivity contribution in [2.75, 3.05) is 11.9 Å². The Labute approximate surface area is 128 Å². The van der Waals surface area contributed by atoms with E-state index >= 15 is 0 Å². The van der Waals surface area contributed by atoms with Crippen molar-refractivity contribution in [3.8, 4) is 11.8 Å². The molecule has 0 aliphatic carbocycles. The largest absolute Gasteiger partial charge is 0.395 e. The summed E-state index contributed by atoms with van der Waals surface area (Å²) in [4.78, 5) is 12.1. The van der Waals surface area contributed by atoms with Gasteiger partial charge in [-0.1, -0.05) is 35.6 Å². The van der Waals surface area contributed by atoms with Crippen LogP contribution in [0.1, 0.15) is 22.3 Å². The van der Waals surface area contributed by atoms with E-state index < -0.39 is 0 Å². The highest BCUT2D eigenvalue weighted by atomic mass is 35.5. The van der Waals surface area contributed by atoms with Crippen LogP contribution in [0.15, 0.2) is 48.5 Å². The van der Waals surface area contributed by atoms with Gasteiger partial charge in [0.1, 0.15) is 0 Å². The molecule has 21 heavy (non-hydrogen) atoms. The van der Waals surface area contributed by atoms with Gasteiger partial charge in [-0.25, -0.2) is 0 Å². The van der Waals surface area contributed by atoms with Crippen molar-refractivity contribution >= 4 is 23.2 Å². The number of carbonyl (C=O) groups excluding carboxylic acids is 1. The van der Waals surface area contributed by atoms with E-state index in [1.165, 1.54) is 0 Å². The average Bonchev–Trinajstić information content (AvgIpc) is 2.48. The summed E-state index contributed by atoms with van der Waals surface area (Å²) in [5.74, 6) is 5.54. The smallest absolute Gasteiger partial charge is 0.255 e. The number of aliphatic hydroxyl groups excluding tert-OH is 1. The van der Waals surface area contributed by atoms with Gasteiger partial charge in [0.05, 0.1) is 6.61 Å². The molecule has 0 bridgehead atoms. The Morgan fingerprint density at radius 1 is 1.19 bits per heavy atom. The standard InChI is InChI=1S/C17H14ClNO2/c18-15-8-4-7-14(12-15)17(21)19-16-9-3-6-13(11-16)5-1-2-10-20/h3-4,6-9,11-12,20H,2,10H2,(H,19,21). The first-order valence-corrected chi connectivity index (χ1v) is 6.83. The molecule has 0 unspecified atom stereocenters. The first kappa shape index (κ1) is 15.1. The number of aliphatic hydroxyl groups is 1. The van der Waals surface area contributed by atoms with Gasteiger partial charge < -0.3 is 10.4 Å². The molecule has 0 fully saturated rings. The van der Waals surface area contributed by atoms with Crippen molar-refractivity contribution in [1.82, 2.24) is 0 Å². The molecule has 0 heterocycles. The molecule has 0 aliphatic rings. The zero-order chi connectivity index (χ0) is 15.1. The third kappa shape index (κ3) is 4.64. The lowest BCUT2D eigenvalue weighted by molar-refractivity contribution is 0.102. The lowest BCUT2D eigenvalue weighted by atomic mass is 10.1. The average molecular weight is 300 g/mol. The van der Waals surface area contributed by atoms with Crippen molar-refractivity contribution in [3.05, 3.63) is 64.7 Å². The molecule has 2 aromatic rings. The zero-order valence-electron chi connectivity index (χ0n) is 11.3. The Kier molecular flexibility index (Phi) is 5.39. The fraction of sp³-hybridized carbons (Fsp3) is 0.118. The van der Waals surface area contributed by atoms with Gasteiger partial charge in [-0.05, 0) is 36.4 Å².